The molecule has 10 heteroatoms. The van der Waals surface area contributed by atoms with Crippen LogP contribution in [-0.2, 0) is 9.59 Å². The van der Waals surface area contributed by atoms with Gasteiger partial charge in [-0.05, 0) is 30.2 Å². The quantitative estimate of drug-likeness (QED) is 0.493. The minimum atomic E-state index is -0.561. The Balaban J connectivity index is 1.32. The molecule has 5 N–H and O–H groups in total. The Morgan fingerprint density at radius 1 is 1.23 bits per heavy atom. The first kappa shape index (κ1) is 19.6. The number of nitrogens with two attached hydrogens (primary N) is 1. The third kappa shape index (κ3) is 3.88. The number of anilines is 1. The molecular weight excluding hydrogens is 388 g/mol. The van der Waals surface area contributed by atoms with Gasteiger partial charge in [0.15, 0.2) is 0 Å². The van der Waals surface area contributed by atoms with E-state index in [4.69, 9.17) is 5.73 Å². The van der Waals surface area contributed by atoms with Gasteiger partial charge in [0.05, 0.1) is 6.54 Å². The Kier molecular flexibility index (Phi) is 5.21. The molecule has 5 amide bonds. The van der Waals surface area contributed by atoms with Crippen molar-refractivity contribution in [2.45, 2.75) is 18.9 Å². The van der Waals surface area contributed by atoms with Crippen LogP contribution in [0.25, 0.3) is 10.8 Å². The summed E-state index contributed by atoms with van der Waals surface area (Å²) in [6, 6.07) is 8.42. The number of imide groups is 1. The number of nitrogens with zero attached hydrogens (tertiary/aromatic N) is 2. The zero-order chi connectivity index (χ0) is 21.3. The van der Waals surface area contributed by atoms with E-state index in [1.807, 2.05) is 24.3 Å². The lowest BCUT2D eigenvalue weighted by Gasteiger charge is -2.37. The maximum atomic E-state index is 12.7. The maximum absolute atomic E-state index is 12.7. The average Bonchev–Trinajstić information content (AvgIpc) is 3.02. The van der Waals surface area contributed by atoms with Crippen molar-refractivity contribution in [2.75, 3.05) is 25.4 Å². The molecule has 2 atom stereocenters. The lowest BCUT2D eigenvalue weighted by Crippen LogP contribution is -2.53. The van der Waals surface area contributed by atoms with Crippen LogP contribution in [0.4, 0.5) is 10.6 Å². The number of hydrogen-bond donors (Lipinski definition) is 4. The van der Waals surface area contributed by atoms with Crippen LogP contribution in [0.2, 0.25) is 0 Å². The molecule has 1 aromatic heterocycles. The SMILES string of the molecule is Nc1cc2ccccc2c(C(=O)NC[C@@H]2CC[C@@H]2NC(=O)CN2C(=O)CNC2=O)n1. The Bertz CT molecular complexity index is 1020. The van der Waals surface area contributed by atoms with Crippen LogP contribution in [0.3, 0.4) is 0 Å². The molecule has 10 nitrogen and oxygen atoms in total. The van der Waals surface area contributed by atoms with E-state index in [9.17, 15) is 19.2 Å². The monoisotopic (exact) mass is 410 g/mol. The predicted molar refractivity (Wildman–Crippen MR) is 108 cm³/mol. The molecule has 1 saturated heterocycles. The molecule has 4 rings (SSSR count). The molecule has 0 radical (unpaired) electrons. The number of urea groups is 1. The Hall–Kier alpha value is -3.69. The molecule has 0 bridgehead atoms. The predicted octanol–water partition coefficient (Wildman–Crippen LogP) is -0.00660. The zero-order valence-electron chi connectivity index (χ0n) is 16.2. The van der Waals surface area contributed by atoms with Gasteiger partial charge in [0.2, 0.25) is 5.91 Å². The van der Waals surface area contributed by atoms with Crippen molar-refractivity contribution in [1.82, 2.24) is 25.8 Å². The van der Waals surface area contributed by atoms with E-state index in [1.54, 1.807) is 6.07 Å². The first-order valence-corrected chi connectivity index (χ1v) is 9.73. The number of rotatable bonds is 6. The number of carbonyl (C=O) groups excluding carboxylic acids is 4. The topological polar surface area (TPSA) is 147 Å². The van der Waals surface area contributed by atoms with Gasteiger partial charge in [-0.25, -0.2) is 9.78 Å². The summed E-state index contributed by atoms with van der Waals surface area (Å²) in [4.78, 5) is 53.1. The first-order valence-electron chi connectivity index (χ1n) is 9.73. The van der Waals surface area contributed by atoms with E-state index >= 15 is 0 Å². The second-order valence-electron chi connectivity index (χ2n) is 7.48. The van der Waals surface area contributed by atoms with Crippen molar-refractivity contribution in [3.63, 3.8) is 0 Å². The highest BCUT2D eigenvalue weighted by molar-refractivity contribution is 6.06. The minimum absolute atomic E-state index is 0.0633. The number of pyridine rings is 1. The summed E-state index contributed by atoms with van der Waals surface area (Å²) < 4.78 is 0. The van der Waals surface area contributed by atoms with Gasteiger partial charge < -0.3 is 21.7 Å². The highest BCUT2D eigenvalue weighted by Gasteiger charge is 2.35. The van der Waals surface area contributed by atoms with E-state index in [0.717, 1.165) is 28.5 Å². The van der Waals surface area contributed by atoms with Gasteiger partial charge in [0.1, 0.15) is 18.1 Å². The fourth-order valence-corrected chi connectivity index (χ4v) is 3.71. The second kappa shape index (κ2) is 7.97. The number of fused-ring (bicyclic) bond motifs is 1. The molecule has 0 spiro atoms. The summed E-state index contributed by atoms with van der Waals surface area (Å²) in [5, 5.41) is 9.64. The van der Waals surface area contributed by atoms with Gasteiger partial charge in [0, 0.05) is 18.0 Å². The molecule has 2 heterocycles. The third-order valence-electron chi connectivity index (χ3n) is 5.50. The van der Waals surface area contributed by atoms with Gasteiger partial charge >= 0.3 is 6.03 Å². The minimum Gasteiger partial charge on any atom is -0.384 e. The number of hydrogen-bond acceptors (Lipinski definition) is 6. The molecule has 156 valence electrons. The van der Waals surface area contributed by atoms with Crippen LogP contribution in [-0.4, -0.2) is 59.3 Å². The highest BCUT2D eigenvalue weighted by atomic mass is 16.2. The molecule has 1 aliphatic heterocycles. The Morgan fingerprint density at radius 2 is 2.03 bits per heavy atom. The van der Waals surface area contributed by atoms with Crippen molar-refractivity contribution in [1.29, 1.82) is 0 Å². The van der Waals surface area contributed by atoms with E-state index in [2.05, 4.69) is 20.9 Å². The molecule has 1 aromatic carbocycles. The first-order chi connectivity index (χ1) is 14.4. The van der Waals surface area contributed by atoms with Gasteiger partial charge in [-0.2, -0.15) is 0 Å². The molecule has 1 saturated carbocycles. The highest BCUT2D eigenvalue weighted by Crippen LogP contribution is 2.27. The smallest absolute Gasteiger partial charge is 0.325 e. The maximum Gasteiger partial charge on any atom is 0.325 e. The Morgan fingerprint density at radius 3 is 2.73 bits per heavy atom. The molecular formula is C20H22N6O4. The van der Waals surface area contributed by atoms with Crippen LogP contribution in [0, 0.1) is 5.92 Å². The van der Waals surface area contributed by atoms with E-state index in [-0.39, 0.29) is 42.5 Å². The van der Waals surface area contributed by atoms with E-state index in [0.29, 0.717) is 6.54 Å². The standard InChI is InChI=1S/C20H22N6O4/c21-15-7-11-3-1-2-4-13(11)18(25-15)19(29)22-8-12-5-6-14(12)24-16(27)10-26-17(28)9-23-20(26)30/h1-4,7,12,14H,5-6,8-10H2,(H2,21,25)(H,22,29)(H,23,30)(H,24,27)/t12-,14-/m0/s1. The van der Waals surface area contributed by atoms with Gasteiger partial charge in [0.25, 0.3) is 11.8 Å². The van der Waals surface area contributed by atoms with E-state index < -0.39 is 17.8 Å². The van der Waals surface area contributed by atoms with Gasteiger partial charge in [-0.15, -0.1) is 0 Å². The number of aromatic nitrogens is 1. The summed E-state index contributed by atoms with van der Waals surface area (Å²) in [5.74, 6) is -0.810. The van der Waals surface area contributed by atoms with Crippen molar-refractivity contribution >= 4 is 40.3 Å². The largest absolute Gasteiger partial charge is 0.384 e. The van der Waals surface area contributed by atoms with Crippen molar-refractivity contribution in [3.05, 3.63) is 36.0 Å². The van der Waals surface area contributed by atoms with Crippen LogP contribution in [0.1, 0.15) is 23.3 Å². The lowest BCUT2D eigenvalue weighted by molar-refractivity contribution is -0.131. The second-order valence-corrected chi connectivity index (χ2v) is 7.48. The summed E-state index contributed by atoms with van der Waals surface area (Å²) in [5.41, 5.74) is 6.09. The molecule has 2 aliphatic rings. The summed E-state index contributed by atoms with van der Waals surface area (Å²) in [6.45, 7) is -0.0198. The number of nitrogen functional groups attached to an aromatic ring is 1. The van der Waals surface area contributed by atoms with Crippen LogP contribution >= 0.6 is 0 Å². The molecule has 2 fully saturated rings. The van der Waals surface area contributed by atoms with Crippen molar-refractivity contribution < 1.29 is 19.2 Å². The van der Waals surface area contributed by atoms with Crippen LogP contribution in [0.5, 0.6) is 0 Å². The molecule has 30 heavy (non-hydrogen) atoms. The number of carbonyl (C=O) groups is 4. The molecule has 1 aliphatic carbocycles. The fraction of sp³-hybridized carbons (Fsp3) is 0.350. The zero-order valence-corrected chi connectivity index (χ0v) is 16.2. The van der Waals surface area contributed by atoms with Crippen molar-refractivity contribution in [3.8, 4) is 0 Å². The van der Waals surface area contributed by atoms with Gasteiger partial charge in [-0.1, -0.05) is 24.3 Å². The average molecular weight is 410 g/mol. The van der Waals surface area contributed by atoms with Crippen molar-refractivity contribution in [2.24, 2.45) is 5.92 Å². The number of nitrogens with one attached hydrogen (secondary N) is 3. The summed E-state index contributed by atoms with van der Waals surface area (Å²) >= 11 is 0. The summed E-state index contributed by atoms with van der Waals surface area (Å²) in [7, 11) is 0. The van der Waals surface area contributed by atoms with Crippen LogP contribution in [0.15, 0.2) is 30.3 Å². The Labute approximate surface area is 172 Å². The van der Waals surface area contributed by atoms with Crippen LogP contribution < -0.4 is 21.7 Å². The third-order valence-corrected chi connectivity index (χ3v) is 5.50. The number of benzene rings is 1. The summed E-state index contributed by atoms with van der Waals surface area (Å²) in [6.07, 6.45) is 1.62. The molecule has 2 aromatic rings. The molecule has 0 unspecified atom stereocenters. The normalized spacial score (nSPS) is 20.6. The van der Waals surface area contributed by atoms with E-state index in [1.165, 1.54) is 0 Å². The lowest BCUT2D eigenvalue weighted by atomic mass is 9.79. The number of amides is 5. The fourth-order valence-electron chi connectivity index (χ4n) is 3.71. The van der Waals surface area contributed by atoms with Gasteiger partial charge in [-0.3, -0.25) is 19.3 Å².